The number of para-hydroxylation sites is 2. The van der Waals surface area contributed by atoms with Gasteiger partial charge in [-0.25, -0.2) is 0 Å². The highest BCUT2D eigenvalue weighted by molar-refractivity contribution is 6.12. The summed E-state index contributed by atoms with van der Waals surface area (Å²) in [4.78, 5) is 0. The third-order valence-electron chi connectivity index (χ3n) is 11.6. The van der Waals surface area contributed by atoms with Gasteiger partial charge in [0, 0.05) is 27.6 Å². The first-order valence-electron chi connectivity index (χ1n) is 18.3. The standard InChI is InChI=1S/C49H35N3O/c1-48(2,3)32-24-21-30(22-25-32)46-50-51-47(53-46)31-23-26-36-34-15-7-10-18-40(34)49(42(36)27-31)41-19-11-8-16-35(41)38-28-39-37-17-9-12-20-44(37)52(45(39)29-43(38)49)33-13-5-4-6-14-33/h4-29H,1-3H3. The molecule has 2 aliphatic rings. The molecule has 0 N–H and O–H groups in total. The van der Waals surface area contributed by atoms with E-state index in [4.69, 9.17) is 4.42 Å². The van der Waals surface area contributed by atoms with Gasteiger partial charge < -0.3 is 8.98 Å². The van der Waals surface area contributed by atoms with Gasteiger partial charge in [-0.05, 0) is 110 Å². The molecule has 2 heterocycles. The van der Waals surface area contributed by atoms with Crippen molar-refractivity contribution >= 4 is 21.8 Å². The van der Waals surface area contributed by atoms with Crippen molar-refractivity contribution in [1.82, 2.24) is 14.8 Å². The van der Waals surface area contributed by atoms with Crippen LogP contribution in [0.1, 0.15) is 48.6 Å². The Bertz CT molecular complexity index is 2920. The summed E-state index contributed by atoms with van der Waals surface area (Å²) in [6.07, 6.45) is 0. The number of rotatable bonds is 3. The van der Waals surface area contributed by atoms with E-state index in [9.17, 15) is 0 Å². The van der Waals surface area contributed by atoms with Crippen LogP contribution < -0.4 is 0 Å². The lowest BCUT2D eigenvalue weighted by molar-refractivity contribution is 0.582. The number of fused-ring (bicyclic) bond motifs is 13. The summed E-state index contributed by atoms with van der Waals surface area (Å²) in [6, 6.07) is 57.5. The molecule has 0 saturated carbocycles. The molecule has 1 spiro atoms. The van der Waals surface area contributed by atoms with Crippen molar-refractivity contribution in [2.24, 2.45) is 0 Å². The monoisotopic (exact) mass is 681 g/mol. The van der Waals surface area contributed by atoms with Gasteiger partial charge >= 0.3 is 0 Å². The molecule has 0 amide bonds. The molecule has 0 fully saturated rings. The normalized spacial score (nSPS) is 15.5. The van der Waals surface area contributed by atoms with Crippen LogP contribution >= 0.6 is 0 Å². The molecule has 11 rings (SSSR count). The van der Waals surface area contributed by atoms with Gasteiger partial charge in [0.2, 0.25) is 11.8 Å². The Morgan fingerprint density at radius 3 is 1.79 bits per heavy atom. The summed E-state index contributed by atoms with van der Waals surface area (Å²) >= 11 is 0. The van der Waals surface area contributed by atoms with E-state index >= 15 is 0 Å². The minimum atomic E-state index is -0.536. The summed E-state index contributed by atoms with van der Waals surface area (Å²) in [5, 5.41) is 11.6. The molecule has 0 aliphatic heterocycles. The van der Waals surface area contributed by atoms with E-state index in [0.29, 0.717) is 11.8 Å². The lowest BCUT2D eigenvalue weighted by Crippen LogP contribution is -2.26. The zero-order valence-electron chi connectivity index (χ0n) is 29.8. The van der Waals surface area contributed by atoms with Crippen LogP contribution in [0.25, 0.3) is 72.7 Å². The third kappa shape index (κ3) is 4.12. The third-order valence-corrected chi connectivity index (χ3v) is 11.6. The van der Waals surface area contributed by atoms with E-state index in [2.05, 4.69) is 193 Å². The lowest BCUT2D eigenvalue weighted by Gasteiger charge is -2.30. The van der Waals surface area contributed by atoms with Crippen LogP contribution in [0, 0.1) is 0 Å². The van der Waals surface area contributed by atoms with Crippen molar-refractivity contribution in [2.45, 2.75) is 31.6 Å². The zero-order valence-corrected chi connectivity index (χ0v) is 29.8. The molecule has 2 aromatic heterocycles. The molecular formula is C49H35N3O. The van der Waals surface area contributed by atoms with Gasteiger partial charge in [-0.2, -0.15) is 0 Å². The maximum absolute atomic E-state index is 6.44. The Hall–Kier alpha value is -6.52. The summed E-state index contributed by atoms with van der Waals surface area (Å²) < 4.78 is 8.86. The van der Waals surface area contributed by atoms with Crippen LogP contribution in [0.2, 0.25) is 0 Å². The van der Waals surface area contributed by atoms with Crippen molar-refractivity contribution < 1.29 is 4.42 Å². The van der Waals surface area contributed by atoms with Crippen LogP contribution in [0.4, 0.5) is 0 Å². The summed E-state index contributed by atoms with van der Waals surface area (Å²) in [6.45, 7) is 6.66. The predicted octanol–water partition coefficient (Wildman–Crippen LogP) is 12.1. The van der Waals surface area contributed by atoms with Crippen molar-refractivity contribution in [3.63, 3.8) is 0 Å². The van der Waals surface area contributed by atoms with Crippen molar-refractivity contribution in [2.75, 3.05) is 0 Å². The minimum absolute atomic E-state index is 0.0673. The largest absolute Gasteiger partial charge is 0.416 e. The molecule has 0 radical (unpaired) electrons. The highest BCUT2D eigenvalue weighted by Gasteiger charge is 2.52. The van der Waals surface area contributed by atoms with Crippen LogP contribution in [-0.2, 0) is 10.8 Å². The number of hydrogen-bond donors (Lipinski definition) is 0. The van der Waals surface area contributed by atoms with E-state index < -0.39 is 5.41 Å². The Labute approximate surface area is 308 Å². The second kappa shape index (κ2) is 10.8. The number of nitrogens with zero attached hydrogens (tertiary/aromatic N) is 3. The Balaban J connectivity index is 1.16. The molecule has 53 heavy (non-hydrogen) atoms. The number of aromatic nitrogens is 3. The second-order valence-corrected chi connectivity index (χ2v) is 15.4. The molecular weight excluding hydrogens is 647 g/mol. The van der Waals surface area contributed by atoms with E-state index in [1.165, 1.54) is 71.9 Å². The van der Waals surface area contributed by atoms with E-state index in [0.717, 1.165) is 16.8 Å². The van der Waals surface area contributed by atoms with Gasteiger partial charge in [0.05, 0.1) is 16.4 Å². The number of benzene rings is 7. The molecule has 0 saturated heterocycles. The molecule has 9 aromatic rings. The molecule has 1 unspecified atom stereocenters. The second-order valence-electron chi connectivity index (χ2n) is 15.4. The molecule has 1 atom stereocenters. The average molecular weight is 682 g/mol. The molecule has 252 valence electrons. The van der Waals surface area contributed by atoms with Gasteiger partial charge in [0.25, 0.3) is 0 Å². The first-order chi connectivity index (χ1) is 25.9. The predicted molar refractivity (Wildman–Crippen MR) is 215 cm³/mol. The Morgan fingerprint density at radius 1 is 0.472 bits per heavy atom. The maximum atomic E-state index is 6.44. The maximum Gasteiger partial charge on any atom is 0.248 e. The van der Waals surface area contributed by atoms with Gasteiger partial charge in [-0.1, -0.05) is 124 Å². The molecule has 7 aromatic carbocycles. The van der Waals surface area contributed by atoms with Gasteiger partial charge in [-0.15, -0.1) is 10.2 Å². The molecule has 0 bridgehead atoms. The summed E-state index contributed by atoms with van der Waals surface area (Å²) in [5.74, 6) is 1.03. The molecule has 4 heteroatoms. The average Bonchev–Trinajstić information content (AvgIpc) is 3.95. The van der Waals surface area contributed by atoms with Crippen molar-refractivity contribution in [1.29, 1.82) is 0 Å². The fourth-order valence-corrected chi connectivity index (χ4v) is 9.16. The Morgan fingerprint density at radius 2 is 1.06 bits per heavy atom. The summed E-state index contributed by atoms with van der Waals surface area (Å²) in [5.41, 5.74) is 16.3. The van der Waals surface area contributed by atoms with Gasteiger partial charge in [0.1, 0.15) is 0 Å². The lowest BCUT2D eigenvalue weighted by atomic mass is 9.70. The van der Waals surface area contributed by atoms with Crippen molar-refractivity contribution in [3.05, 3.63) is 186 Å². The smallest absolute Gasteiger partial charge is 0.248 e. The molecule has 4 nitrogen and oxygen atoms in total. The topological polar surface area (TPSA) is 43.9 Å². The quantitative estimate of drug-likeness (QED) is 0.186. The van der Waals surface area contributed by atoms with Crippen LogP contribution in [0.3, 0.4) is 0 Å². The van der Waals surface area contributed by atoms with E-state index in [-0.39, 0.29) is 5.41 Å². The zero-order chi connectivity index (χ0) is 35.5. The SMILES string of the molecule is CC(C)(C)c1ccc(-c2nnc(-c3ccc4c(c3)C3(c5ccccc5-4)c4ccccc4-c4cc5c6ccccc6n(-c6ccccc6)c5cc43)o2)cc1. The van der Waals surface area contributed by atoms with Crippen LogP contribution in [-0.4, -0.2) is 14.8 Å². The van der Waals surface area contributed by atoms with Crippen LogP contribution in [0.15, 0.2) is 162 Å². The number of hydrogen-bond acceptors (Lipinski definition) is 3. The minimum Gasteiger partial charge on any atom is -0.416 e. The molecule has 2 aliphatic carbocycles. The first-order valence-corrected chi connectivity index (χ1v) is 18.3. The summed E-state index contributed by atoms with van der Waals surface area (Å²) in [7, 11) is 0. The van der Waals surface area contributed by atoms with E-state index in [1.807, 2.05) is 0 Å². The van der Waals surface area contributed by atoms with E-state index in [1.54, 1.807) is 0 Å². The fraction of sp³-hybridized carbons (Fsp3) is 0.102. The Kier molecular flexibility index (Phi) is 6.11. The van der Waals surface area contributed by atoms with Gasteiger partial charge in [-0.3, -0.25) is 0 Å². The van der Waals surface area contributed by atoms with Crippen LogP contribution in [0.5, 0.6) is 0 Å². The fourth-order valence-electron chi connectivity index (χ4n) is 9.16. The van der Waals surface area contributed by atoms with Gasteiger partial charge in [0.15, 0.2) is 0 Å². The van der Waals surface area contributed by atoms with Crippen molar-refractivity contribution in [3.8, 4) is 50.8 Å². The highest BCUT2D eigenvalue weighted by atomic mass is 16.4. The first kappa shape index (κ1) is 30.1. The highest BCUT2D eigenvalue weighted by Crippen LogP contribution is 2.63.